The Bertz CT molecular complexity index is 1090. The molecule has 154 valence electrons. The van der Waals surface area contributed by atoms with Crippen LogP contribution in [0.3, 0.4) is 0 Å². The maximum Gasteiger partial charge on any atom is 0.338 e. The van der Waals surface area contributed by atoms with Gasteiger partial charge in [0, 0.05) is 0 Å². The van der Waals surface area contributed by atoms with Gasteiger partial charge in [0.05, 0.1) is 29.8 Å². The third-order valence-electron chi connectivity index (χ3n) is 4.15. The molecule has 0 aliphatic heterocycles. The first-order chi connectivity index (χ1) is 14.6. The van der Waals surface area contributed by atoms with Gasteiger partial charge in [-0.3, -0.25) is 0 Å². The SMILES string of the molecule is CCOc1ccc(C(=O)OC/C(O)=C(\C#N)c2nc3ccccc3[nH]2)cc1OCC. The first-order valence-corrected chi connectivity index (χ1v) is 9.41. The second-order valence-electron chi connectivity index (χ2n) is 6.14. The number of nitrogens with zero attached hydrogens (tertiary/aromatic N) is 2. The van der Waals surface area contributed by atoms with Crippen LogP contribution in [-0.4, -0.2) is 40.9 Å². The molecule has 2 aromatic carbocycles. The van der Waals surface area contributed by atoms with Crippen LogP contribution < -0.4 is 9.47 Å². The molecule has 0 fully saturated rings. The van der Waals surface area contributed by atoms with Crippen molar-refractivity contribution in [3.05, 3.63) is 59.6 Å². The number of fused-ring (bicyclic) bond motifs is 1. The number of aliphatic hydroxyl groups is 1. The lowest BCUT2D eigenvalue weighted by molar-refractivity contribution is 0.0502. The summed E-state index contributed by atoms with van der Waals surface area (Å²) in [6.07, 6.45) is 0. The molecule has 30 heavy (non-hydrogen) atoms. The fourth-order valence-electron chi connectivity index (χ4n) is 2.79. The van der Waals surface area contributed by atoms with E-state index in [2.05, 4.69) is 9.97 Å². The third-order valence-corrected chi connectivity index (χ3v) is 4.15. The molecule has 8 heteroatoms. The smallest absolute Gasteiger partial charge is 0.338 e. The van der Waals surface area contributed by atoms with Crippen molar-refractivity contribution in [3.8, 4) is 17.6 Å². The molecule has 0 spiro atoms. The number of esters is 1. The monoisotopic (exact) mass is 407 g/mol. The number of carbonyl (C=O) groups is 1. The quantitative estimate of drug-likeness (QED) is 0.329. The zero-order chi connectivity index (χ0) is 21.5. The molecular weight excluding hydrogens is 386 g/mol. The van der Waals surface area contributed by atoms with E-state index in [9.17, 15) is 15.2 Å². The summed E-state index contributed by atoms with van der Waals surface area (Å²) in [6.45, 7) is 4.06. The van der Waals surface area contributed by atoms with E-state index in [-0.39, 0.29) is 17.0 Å². The van der Waals surface area contributed by atoms with Crippen LogP contribution in [0.2, 0.25) is 0 Å². The van der Waals surface area contributed by atoms with Crippen LogP contribution in [0.4, 0.5) is 0 Å². The first-order valence-electron chi connectivity index (χ1n) is 9.41. The number of aromatic amines is 1. The van der Waals surface area contributed by atoms with Crippen molar-refractivity contribution in [2.45, 2.75) is 13.8 Å². The lowest BCUT2D eigenvalue weighted by atomic mass is 10.2. The van der Waals surface area contributed by atoms with E-state index in [4.69, 9.17) is 14.2 Å². The number of carbonyl (C=O) groups excluding carboxylic acids is 1. The van der Waals surface area contributed by atoms with Gasteiger partial charge in [-0.05, 0) is 44.2 Å². The summed E-state index contributed by atoms with van der Waals surface area (Å²) >= 11 is 0. The van der Waals surface area contributed by atoms with Crippen LogP contribution in [-0.2, 0) is 4.74 Å². The van der Waals surface area contributed by atoms with E-state index in [1.165, 1.54) is 6.07 Å². The van der Waals surface area contributed by atoms with Crippen molar-refractivity contribution >= 4 is 22.6 Å². The second kappa shape index (κ2) is 9.47. The Hall–Kier alpha value is -3.99. The maximum atomic E-state index is 12.4. The molecule has 0 radical (unpaired) electrons. The molecule has 0 atom stereocenters. The van der Waals surface area contributed by atoms with Gasteiger partial charge in [0.15, 0.2) is 23.1 Å². The highest BCUT2D eigenvalue weighted by Crippen LogP contribution is 2.29. The summed E-state index contributed by atoms with van der Waals surface area (Å²) < 4.78 is 16.1. The van der Waals surface area contributed by atoms with Gasteiger partial charge in [-0.2, -0.15) is 5.26 Å². The highest BCUT2D eigenvalue weighted by molar-refractivity contribution is 5.90. The normalized spacial score (nSPS) is 11.5. The van der Waals surface area contributed by atoms with E-state index in [1.807, 2.05) is 32.0 Å². The molecule has 1 heterocycles. The van der Waals surface area contributed by atoms with Crippen molar-refractivity contribution in [1.29, 1.82) is 5.26 Å². The highest BCUT2D eigenvalue weighted by atomic mass is 16.5. The highest BCUT2D eigenvalue weighted by Gasteiger charge is 2.17. The number of hydrogen-bond donors (Lipinski definition) is 2. The molecular formula is C22H21N3O5. The molecule has 3 rings (SSSR count). The molecule has 3 aromatic rings. The minimum atomic E-state index is -0.674. The molecule has 0 aliphatic carbocycles. The number of allylic oxidation sites excluding steroid dienone is 1. The van der Waals surface area contributed by atoms with Crippen LogP contribution in [0.1, 0.15) is 30.0 Å². The summed E-state index contributed by atoms with van der Waals surface area (Å²) in [4.78, 5) is 19.7. The minimum absolute atomic E-state index is 0.0966. The van der Waals surface area contributed by atoms with Gasteiger partial charge in [0.1, 0.15) is 18.2 Å². The fourth-order valence-corrected chi connectivity index (χ4v) is 2.79. The summed E-state index contributed by atoms with van der Waals surface area (Å²) in [6, 6.07) is 13.8. The number of aliphatic hydroxyl groups excluding tert-OH is 1. The van der Waals surface area contributed by atoms with E-state index < -0.39 is 18.3 Å². The summed E-state index contributed by atoms with van der Waals surface area (Å²) in [5.41, 5.74) is 1.52. The van der Waals surface area contributed by atoms with Crippen LogP contribution in [0.25, 0.3) is 16.6 Å². The van der Waals surface area contributed by atoms with Crippen LogP contribution in [0.15, 0.2) is 48.2 Å². The molecule has 0 aliphatic rings. The van der Waals surface area contributed by atoms with E-state index in [0.717, 1.165) is 5.52 Å². The predicted molar refractivity (Wildman–Crippen MR) is 110 cm³/mol. The van der Waals surface area contributed by atoms with Crippen LogP contribution in [0, 0.1) is 11.3 Å². The van der Waals surface area contributed by atoms with Gasteiger partial charge < -0.3 is 24.3 Å². The number of para-hydroxylation sites is 2. The largest absolute Gasteiger partial charge is 0.507 e. The molecule has 8 nitrogen and oxygen atoms in total. The standard InChI is InChI=1S/C22H21N3O5/c1-3-28-19-10-9-14(11-20(19)29-4-2)22(27)30-13-18(26)15(12-23)21-24-16-7-5-6-8-17(16)25-21/h5-11,26H,3-4,13H2,1-2H3,(H,24,25)/b18-15-. The molecule has 0 bridgehead atoms. The Labute approximate surface area is 173 Å². The zero-order valence-corrected chi connectivity index (χ0v) is 16.6. The molecule has 0 saturated carbocycles. The first kappa shape index (κ1) is 20.7. The molecule has 0 unspecified atom stereocenters. The predicted octanol–water partition coefficient (Wildman–Crippen LogP) is 4.01. The second-order valence-corrected chi connectivity index (χ2v) is 6.14. The fraction of sp³-hybridized carbons (Fsp3) is 0.227. The number of H-pyrrole nitrogens is 1. The van der Waals surface area contributed by atoms with Crippen molar-refractivity contribution in [1.82, 2.24) is 9.97 Å². The molecule has 0 amide bonds. The summed E-state index contributed by atoms with van der Waals surface area (Å²) in [5, 5.41) is 19.7. The lowest BCUT2D eigenvalue weighted by Gasteiger charge is -2.12. The van der Waals surface area contributed by atoms with E-state index >= 15 is 0 Å². The number of nitrogens with one attached hydrogen (secondary N) is 1. The van der Waals surface area contributed by atoms with Gasteiger partial charge in [-0.25, -0.2) is 9.78 Å². The molecule has 2 N–H and O–H groups in total. The minimum Gasteiger partial charge on any atom is -0.507 e. The Morgan fingerprint density at radius 2 is 1.87 bits per heavy atom. The van der Waals surface area contributed by atoms with E-state index in [1.54, 1.807) is 24.3 Å². The number of imidazole rings is 1. The van der Waals surface area contributed by atoms with E-state index in [0.29, 0.717) is 30.2 Å². The molecule has 1 aromatic heterocycles. The Morgan fingerprint density at radius 1 is 1.13 bits per heavy atom. The van der Waals surface area contributed by atoms with Gasteiger partial charge in [0.25, 0.3) is 0 Å². The number of benzene rings is 2. The summed E-state index contributed by atoms with van der Waals surface area (Å²) in [5.74, 6) is 0.0733. The van der Waals surface area contributed by atoms with Crippen LogP contribution >= 0.6 is 0 Å². The average Bonchev–Trinajstić information content (AvgIpc) is 3.17. The van der Waals surface area contributed by atoms with Gasteiger partial charge in [0.2, 0.25) is 0 Å². The van der Waals surface area contributed by atoms with Crippen molar-refractivity contribution in [2.24, 2.45) is 0 Å². The molecule has 0 saturated heterocycles. The van der Waals surface area contributed by atoms with Gasteiger partial charge >= 0.3 is 5.97 Å². The van der Waals surface area contributed by atoms with Crippen molar-refractivity contribution in [2.75, 3.05) is 19.8 Å². The maximum absolute atomic E-state index is 12.4. The Morgan fingerprint density at radius 3 is 2.57 bits per heavy atom. The van der Waals surface area contributed by atoms with Crippen LogP contribution in [0.5, 0.6) is 11.5 Å². The Kier molecular flexibility index (Phi) is 6.55. The number of ether oxygens (including phenoxy) is 3. The van der Waals surface area contributed by atoms with Crippen molar-refractivity contribution < 1.29 is 24.1 Å². The number of nitriles is 1. The third kappa shape index (κ3) is 4.52. The number of aromatic nitrogens is 2. The lowest BCUT2D eigenvalue weighted by Crippen LogP contribution is -2.10. The topological polar surface area (TPSA) is 117 Å². The average molecular weight is 407 g/mol. The van der Waals surface area contributed by atoms with Crippen molar-refractivity contribution in [3.63, 3.8) is 0 Å². The Balaban J connectivity index is 1.76. The van der Waals surface area contributed by atoms with Gasteiger partial charge in [-0.15, -0.1) is 0 Å². The number of rotatable bonds is 8. The summed E-state index contributed by atoms with van der Waals surface area (Å²) in [7, 11) is 0. The van der Waals surface area contributed by atoms with Gasteiger partial charge in [-0.1, -0.05) is 12.1 Å². The number of hydrogen-bond acceptors (Lipinski definition) is 7. The zero-order valence-electron chi connectivity index (χ0n) is 16.6.